The average Bonchev–Trinajstić information content (AvgIpc) is 2.17. The van der Waals surface area contributed by atoms with Crippen LogP contribution in [0.2, 0.25) is 0 Å². The van der Waals surface area contributed by atoms with E-state index in [1.165, 1.54) is 24.0 Å². The molecule has 2 nitrogen and oxygen atoms in total. The molecule has 0 aliphatic heterocycles. The highest BCUT2D eigenvalue weighted by Gasteiger charge is 2.13. The predicted octanol–water partition coefficient (Wildman–Crippen LogP) is 2.42. The first-order chi connectivity index (χ1) is 5.92. The Bertz CT molecular complexity index is 267. The van der Waals surface area contributed by atoms with E-state index in [4.69, 9.17) is 5.26 Å². The molecule has 0 heterocycles. The molecule has 0 saturated heterocycles. The van der Waals surface area contributed by atoms with E-state index in [2.05, 4.69) is 11.0 Å². The van der Waals surface area contributed by atoms with E-state index in [0.29, 0.717) is 5.75 Å². The number of aryl methyl sites for hydroxylation is 1. The van der Waals surface area contributed by atoms with Crippen molar-refractivity contribution < 1.29 is 10.1 Å². The molecule has 12 heavy (non-hydrogen) atoms. The lowest BCUT2D eigenvalue weighted by molar-refractivity contribution is -0.138. The maximum absolute atomic E-state index is 8.59. The van der Waals surface area contributed by atoms with E-state index >= 15 is 0 Å². The van der Waals surface area contributed by atoms with Crippen molar-refractivity contribution in [2.45, 2.75) is 25.7 Å². The van der Waals surface area contributed by atoms with Crippen LogP contribution >= 0.6 is 0 Å². The number of hydrogen-bond donors (Lipinski definition) is 1. The van der Waals surface area contributed by atoms with Crippen LogP contribution in [0.5, 0.6) is 5.75 Å². The minimum Gasteiger partial charge on any atom is -0.340 e. The van der Waals surface area contributed by atoms with Crippen molar-refractivity contribution in [1.82, 2.24) is 0 Å². The molecule has 0 saturated carbocycles. The molecular formula is C10H12O2. The summed E-state index contributed by atoms with van der Waals surface area (Å²) < 4.78 is 0. The number of hydrogen-bond acceptors (Lipinski definition) is 2. The largest absolute Gasteiger partial charge is 0.340 e. The Kier molecular flexibility index (Phi) is 2.00. The molecule has 0 fully saturated rings. The summed E-state index contributed by atoms with van der Waals surface area (Å²) in [5.74, 6) is 0.632. The van der Waals surface area contributed by atoms with Crippen molar-refractivity contribution in [2.75, 3.05) is 0 Å². The average molecular weight is 164 g/mol. The summed E-state index contributed by atoms with van der Waals surface area (Å²) in [5.41, 5.74) is 2.51. The Balaban J connectivity index is 2.44. The van der Waals surface area contributed by atoms with Crippen LogP contribution in [0.25, 0.3) is 0 Å². The molecule has 1 aliphatic carbocycles. The summed E-state index contributed by atoms with van der Waals surface area (Å²) >= 11 is 0. The van der Waals surface area contributed by atoms with E-state index in [1.807, 2.05) is 12.1 Å². The van der Waals surface area contributed by atoms with Crippen LogP contribution in [-0.4, -0.2) is 5.26 Å². The van der Waals surface area contributed by atoms with Gasteiger partial charge in [-0.2, -0.15) is 0 Å². The molecule has 64 valence electrons. The first kappa shape index (κ1) is 7.62. The van der Waals surface area contributed by atoms with Gasteiger partial charge in [-0.05, 0) is 37.3 Å². The highest BCUT2D eigenvalue weighted by atomic mass is 17.1. The second kappa shape index (κ2) is 3.15. The zero-order chi connectivity index (χ0) is 8.39. The normalized spacial score (nSPS) is 15.4. The fourth-order valence-corrected chi connectivity index (χ4v) is 1.83. The zero-order valence-electron chi connectivity index (χ0n) is 6.92. The van der Waals surface area contributed by atoms with Crippen LogP contribution in [-0.2, 0) is 12.8 Å². The van der Waals surface area contributed by atoms with Crippen LogP contribution in [0.3, 0.4) is 0 Å². The van der Waals surface area contributed by atoms with E-state index in [-0.39, 0.29) is 0 Å². The molecule has 0 radical (unpaired) electrons. The Morgan fingerprint density at radius 3 is 2.83 bits per heavy atom. The van der Waals surface area contributed by atoms with E-state index in [9.17, 15) is 0 Å². The summed E-state index contributed by atoms with van der Waals surface area (Å²) in [4.78, 5) is 4.31. The minimum atomic E-state index is 0.632. The second-order valence-corrected chi connectivity index (χ2v) is 3.19. The minimum absolute atomic E-state index is 0.632. The summed E-state index contributed by atoms with van der Waals surface area (Å²) in [5, 5.41) is 8.59. The van der Waals surface area contributed by atoms with Gasteiger partial charge in [0, 0.05) is 5.56 Å². The smallest absolute Gasteiger partial charge is 0.168 e. The van der Waals surface area contributed by atoms with Gasteiger partial charge in [0.25, 0.3) is 0 Å². The standard InChI is InChI=1S/C10H12O2/c11-12-10-7-3-5-8-4-1-2-6-9(8)10/h3,5,7,11H,1-2,4,6H2. The maximum Gasteiger partial charge on any atom is 0.168 e. The number of fused-ring (bicyclic) bond motifs is 1. The molecule has 1 aromatic carbocycles. The molecule has 1 aliphatic rings. The molecule has 0 bridgehead atoms. The molecular weight excluding hydrogens is 152 g/mol. The van der Waals surface area contributed by atoms with Crippen LogP contribution in [0, 0.1) is 0 Å². The Morgan fingerprint density at radius 1 is 1.17 bits per heavy atom. The van der Waals surface area contributed by atoms with Crippen molar-refractivity contribution in [3.8, 4) is 5.75 Å². The van der Waals surface area contributed by atoms with Gasteiger partial charge in [-0.3, -0.25) is 0 Å². The molecule has 1 N–H and O–H groups in total. The first-order valence-electron chi connectivity index (χ1n) is 4.34. The summed E-state index contributed by atoms with van der Waals surface area (Å²) in [6, 6.07) is 5.84. The highest BCUT2D eigenvalue weighted by Crippen LogP contribution is 2.28. The highest BCUT2D eigenvalue weighted by molar-refractivity contribution is 5.41. The molecule has 2 rings (SSSR count). The van der Waals surface area contributed by atoms with Crippen molar-refractivity contribution in [3.05, 3.63) is 29.3 Å². The first-order valence-corrected chi connectivity index (χ1v) is 4.34. The zero-order valence-corrected chi connectivity index (χ0v) is 6.92. The number of rotatable bonds is 1. The van der Waals surface area contributed by atoms with Gasteiger partial charge in [-0.1, -0.05) is 12.1 Å². The quantitative estimate of drug-likeness (QED) is 0.510. The fourth-order valence-electron chi connectivity index (χ4n) is 1.83. The molecule has 0 spiro atoms. The van der Waals surface area contributed by atoms with Crippen LogP contribution < -0.4 is 4.89 Å². The van der Waals surface area contributed by atoms with Gasteiger partial charge in [0.05, 0.1) is 0 Å². The van der Waals surface area contributed by atoms with Gasteiger partial charge < -0.3 is 4.89 Å². The topological polar surface area (TPSA) is 29.5 Å². The van der Waals surface area contributed by atoms with Crippen LogP contribution in [0.4, 0.5) is 0 Å². The lowest BCUT2D eigenvalue weighted by Gasteiger charge is -2.16. The predicted molar refractivity (Wildman–Crippen MR) is 46.3 cm³/mol. The van der Waals surface area contributed by atoms with Crippen LogP contribution in [0.15, 0.2) is 18.2 Å². The van der Waals surface area contributed by atoms with Gasteiger partial charge in [0.15, 0.2) is 5.75 Å². The molecule has 0 aromatic heterocycles. The summed E-state index contributed by atoms with van der Waals surface area (Å²) in [7, 11) is 0. The summed E-state index contributed by atoms with van der Waals surface area (Å²) in [6.07, 6.45) is 4.61. The SMILES string of the molecule is OOc1cccc2c1CCCC2. The van der Waals surface area contributed by atoms with Gasteiger partial charge >= 0.3 is 0 Å². The second-order valence-electron chi connectivity index (χ2n) is 3.19. The van der Waals surface area contributed by atoms with E-state index < -0.39 is 0 Å². The lowest BCUT2D eigenvalue weighted by Crippen LogP contribution is -2.04. The van der Waals surface area contributed by atoms with Gasteiger partial charge in [-0.15, -0.1) is 0 Å². The fraction of sp³-hybridized carbons (Fsp3) is 0.400. The lowest BCUT2D eigenvalue weighted by atomic mass is 9.91. The Hall–Kier alpha value is -1.02. The van der Waals surface area contributed by atoms with Crippen molar-refractivity contribution in [1.29, 1.82) is 0 Å². The molecule has 0 unspecified atom stereocenters. The van der Waals surface area contributed by atoms with Crippen molar-refractivity contribution in [3.63, 3.8) is 0 Å². The maximum atomic E-state index is 8.59. The molecule has 2 heteroatoms. The molecule has 0 amide bonds. The van der Waals surface area contributed by atoms with Crippen LogP contribution in [0.1, 0.15) is 24.0 Å². The van der Waals surface area contributed by atoms with E-state index in [1.54, 1.807) is 0 Å². The van der Waals surface area contributed by atoms with Gasteiger partial charge in [0.2, 0.25) is 0 Å². The monoisotopic (exact) mass is 164 g/mol. The van der Waals surface area contributed by atoms with Gasteiger partial charge in [-0.25, -0.2) is 5.26 Å². The van der Waals surface area contributed by atoms with Gasteiger partial charge in [0.1, 0.15) is 0 Å². The molecule has 0 atom stereocenters. The van der Waals surface area contributed by atoms with Crippen molar-refractivity contribution in [2.24, 2.45) is 0 Å². The molecule has 1 aromatic rings. The Morgan fingerprint density at radius 2 is 2.00 bits per heavy atom. The Labute approximate surface area is 71.7 Å². The summed E-state index contributed by atoms with van der Waals surface area (Å²) in [6.45, 7) is 0. The third-order valence-corrected chi connectivity index (χ3v) is 2.45. The number of benzene rings is 1. The third kappa shape index (κ3) is 1.18. The third-order valence-electron chi connectivity index (χ3n) is 2.45. The van der Waals surface area contributed by atoms with Crippen molar-refractivity contribution >= 4 is 0 Å². The van der Waals surface area contributed by atoms with E-state index in [0.717, 1.165) is 12.8 Å².